The topological polar surface area (TPSA) is 21.1 Å². The van der Waals surface area contributed by atoms with Gasteiger partial charge in [-0.3, -0.25) is 4.68 Å². The molecule has 0 bridgehead atoms. The van der Waals surface area contributed by atoms with Crippen molar-refractivity contribution in [1.82, 2.24) is 9.78 Å². The van der Waals surface area contributed by atoms with Crippen LogP contribution in [0.3, 0.4) is 0 Å². The number of anilines is 1. The zero-order chi connectivity index (χ0) is 16.8. The van der Waals surface area contributed by atoms with Crippen molar-refractivity contribution >= 4 is 17.3 Å². The van der Waals surface area contributed by atoms with Gasteiger partial charge in [0.25, 0.3) is 0 Å². The van der Waals surface area contributed by atoms with Crippen LogP contribution in [-0.2, 0) is 13.5 Å². The smallest absolute Gasteiger partial charge is 0.0568 e. The van der Waals surface area contributed by atoms with E-state index in [1.54, 1.807) is 4.68 Å². The number of rotatable bonds is 4. The molecule has 1 aliphatic heterocycles. The average Bonchev–Trinajstić information content (AvgIpc) is 3.13. The quantitative estimate of drug-likeness (QED) is 0.706. The van der Waals surface area contributed by atoms with Crippen LogP contribution in [0.4, 0.5) is 5.69 Å². The van der Waals surface area contributed by atoms with Crippen LogP contribution in [0.1, 0.15) is 45.1 Å². The largest absolute Gasteiger partial charge is 0.374 e. The predicted molar refractivity (Wildman–Crippen MR) is 100 cm³/mol. The molecule has 126 valence electrons. The van der Waals surface area contributed by atoms with E-state index in [-0.39, 0.29) is 0 Å². The molecule has 2 heterocycles. The minimum atomic E-state index is 0.866. The Morgan fingerprint density at radius 2 is 1.78 bits per heavy atom. The van der Waals surface area contributed by atoms with E-state index in [4.69, 9.17) is 11.6 Å². The third-order valence-corrected chi connectivity index (χ3v) is 4.61. The lowest BCUT2D eigenvalue weighted by Gasteiger charge is -2.13. The molecule has 0 unspecified atom stereocenters. The van der Waals surface area contributed by atoms with Crippen molar-refractivity contribution in [2.75, 3.05) is 18.5 Å². The summed E-state index contributed by atoms with van der Waals surface area (Å²) in [5.74, 6) is 0. The van der Waals surface area contributed by atoms with Gasteiger partial charge in [-0.25, -0.2) is 0 Å². The Kier molecular flexibility index (Phi) is 6.52. The number of nitrogens with zero attached hydrogens (tertiary/aromatic N) is 3. The Labute approximate surface area is 145 Å². The van der Waals surface area contributed by atoms with E-state index < -0.39 is 0 Å². The molecule has 0 N–H and O–H groups in total. The molecule has 4 heteroatoms. The van der Waals surface area contributed by atoms with Crippen LogP contribution in [-0.4, -0.2) is 23.4 Å². The van der Waals surface area contributed by atoms with Crippen LogP contribution >= 0.6 is 11.6 Å². The molecular weight excluding hydrogens is 306 g/mol. The number of benzene rings is 1. The van der Waals surface area contributed by atoms with E-state index in [0.717, 1.165) is 29.1 Å². The fourth-order valence-electron chi connectivity index (χ4n) is 2.85. The maximum Gasteiger partial charge on any atom is 0.0568 e. The number of aryl methyl sites for hydroxylation is 1. The summed E-state index contributed by atoms with van der Waals surface area (Å²) in [7, 11) is 4.03. The third kappa shape index (κ3) is 4.51. The van der Waals surface area contributed by atoms with E-state index in [0.29, 0.717) is 0 Å². The number of hydrogen-bond donors (Lipinski definition) is 0. The van der Waals surface area contributed by atoms with Gasteiger partial charge in [0.15, 0.2) is 0 Å². The minimum Gasteiger partial charge on any atom is -0.374 e. The molecule has 1 aromatic carbocycles. The number of aromatic nitrogens is 2. The number of likely N-dealkylation sites (N-methyl/N-ethyl adjacent to an activating group) is 1. The molecule has 0 saturated heterocycles. The van der Waals surface area contributed by atoms with Gasteiger partial charge < -0.3 is 4.90 Å². The highest BCUT2D eigenvalue weighted by molar-refractivity contribution is 6.32. The molecule has 1 aromatic heterocycles. The van der Waals surface area contributed by atoms with E-state index in [1.165, 1.54) is 36.9 Å². The minimum absolute atomic E-state index is 0.866. The van der Waals surface area contributed by atoms with Crippen molar-refractivity contribution in [3.05, 3.63) is 35.1 Å². The van der Waals surface area contributed by atoms with Crippen molar-refractivity contribution in [2.24, 2.45) is 7.05 Å². The van der Waals surface area contributed by atoms with Crippen molar-refractivity contribution in [3.8, 4) is 11.1 Å². The van der Waals surface area contributed by atoms with E-state index >= 15 is 0 Å². The third-order valence-electron chi connectivity index (χ3n) is 4.28. The Morgan fingerprint density at radius 1 is 1.09 bits per heavy atom. The summed E-state index contributed by atoms with van der Waals surface area (Å²) >= 11 is 6.34. The predicted octanol–water partition coefficient (Wildman–Crippen LogP) is 5.32. The van der Waals surface area contributed by atoms with Crippen molar-refractivity contribution < 1.29 is 0 Å². The molecule has 1 aliphatic rings. The van der Waals surface area contributed by atoms with Crippen molar-refractivity contribution in [2.45, 2.75) is 46.0 Å². The van der Waals surface area contributed by atoms with Gasteiger partial charge in [-0.15, -0.1) is 0 Å². The zero-order valence-electron chi connectivity index (χ0n) is 14.8. The van der Waals surface area contributed by atoms with Crippen LogP contribution in [0.2, 0.25) is 5.02 Å². The van der Waals surface area contributed by atoms with Gasteiger partial charge in [-0.1, -0.05) is 51.1 Å². The fraction of sp³-hybridized carbons (Fsp3) is 0.526. The maximum absolute atomic E-state index is 6.34. The van der Waals surface area contributed by atoms with Gasteiger partial charge in [0.1, 0.15) is 0 Å². The van der Waals surface area contributed by atoms with Crippen molar-refractivity contribution in [3.63, 3.8) is 0 Å². The standard InChI is InChI=1S/C13H14ClN3.C6H14/c1-16-4-3-11-12(14)5-9(6-13(11)16)10-7-15-17(2)8-10;1-3-5-6-4-2/h5-8H,3-4H2,1-2H3;3-6H2,1-2H3. The number of fused-ring (bicyclic) bond motifs is 1. The second-order valence-electron chi connectivity index (χ2n) is 6.24. The highest BCUT2D eigenvalue weighted by atomic mass is 35.5. The highest BCUT2D eigenvalue weighted by Crippen LogP contribution is 2.37. The van der Waals surface area contributed by atoms with Crippen LogP contribution < -0.4 is 4.90 Å². The zero-order valence-corrected chi connectivity index (χ0v) is 15.5. The fourth-order valence-corrected chi connectivity index (χ4v) is 3.16. The van der Waals surface area contributed by atoms with E-state index in [9.17, 15) is 0 Å². The molecular formula is C19H28ClN3. The maximum atomic E-state index is 6.34. The summed E-state index contributed by atoms with van der Waals surface area (Å²) in [4.78, 5) is 2.25. The first-order chi connectivity index (χ1) is 11.1. The van der Waals surface area contributed by atoms with E-state index in [1.807, 2.05) is 25.5 Å². The lowest BCUT2D eigenvalue weighted by Crippen LogP contribution is -2.12. The van der Waals surface area contributed by atoms with Crippen LogP contribution in [0.15, 0.2) is 24.5 Å². The van der Waals surface area contributed by atoms with Crippen LogP contribution in [0.5, 0.6) is 0 Å². The molecule has 3 nitrogen and oxygen atoms in total. The molecule has 0 fully saturated rings. The van der Waals surface area contributed by atoms with E-state index in [2.05, 4.69) is 37.0 Å². The summed E-state index contributed by atoms with van der Waals surface area (Å²) in [6, 6.07) is 4.24. The van der Waals surface area contributed by atoms with Crippen LogP contribution in [0, 0.1) is 0 Å². The normalized spacial score (nSPS) is 12.8. The average molecular weight is 334 g/mol. The SMILES string of the molecule is CCCCCC.CN1CCc2c(Cl)cc(-c3cnn(C)c3)cc21. The summed E-state index contributed by atoms with van der Waals surface area (Å²) < 4.78 is 1.81. The lowest BCUT2D eigenvalue weighted by atomic mass is 10.1. The van der Waals surface area contributed by atoms with Crippen LogP contribution in [0.25, 0.3) is 11.1 Å². The Hall–Kier alpha value is -1.48. The summed E-state index contributed by atoms with van der Waals surface area (Å²) in [6.45, 7) is 5.51. The first-order valence-electron chi connectivity index (χ1n) is 8.59. The second-order valence-corrected chi connectivity index (χ2v) is 6.64. The Bertz CT molecular complexity index is 630. The molecule has 0 radical (unpaired) electrons. The highest BCUT2D eigenvalue weighted by Gasteiger charge is 2.20. The van der Waals surface area contributed by atoms with Gasteiger partial charge >= 0.3 is 0 Å². The Morgan fingerprint density at radius 3 is 2.35 bits per heavy atom. The molecule has 3 rings (SSSR count). The summed E-state index contributed by atoms with van der Waals surface area (Å²) in [6.07, 6.45) is 10.5. The second kappa shape index (κ2) is 8.39. The lowest BCUT2D eigenvalue weighted by molar-refractivity contribution is 0.702. The summed E-state index contributed by atoms with van der Waals surface area (Å²) in [5.41, 5.74) is 4.76. The number of hydrogen-bond acceptors (Lipinski definition) is 2. The molecule has 0 atom stereocenters. The summed E-state index contributed by atoms with van der Waals surface area (Å²) in [5, 5.41) is 5.06. The molecule has 23 heavy (non-hydrogen) atoms. The van der Waals surface area contributed by atoms with Gasteiger partial charge in [-0.2, -0.15) is 5.10 Å². The number of unbranched alkanes of at least 4 members (excludes halogenated alkanes) is 3. The monoisotopic (exact) mass is 333 g/mol. The van der Waals surface area contributed by atoms with Gasteiger partial charge in [0.2, 0.25) is 0 Å². The molecule has 0 aliphatic carbocycles. The molecule has 0 spiro atoms. The van der Waals surface area contributed by atoms with Crippen molar-refractivity contribution in [1.29, 1.82) is 0 Å². The Balaban J connectivity index is 0.000000277. The van der Waals surface area contributed by atoms with Gasteiger partial charge in [0.05, 0.1) is 6.20 Å². The first kappa shape index (κ1) is 17.9. The number of halogens is 1. The molecule has 0 amide bonds. The van der Waals surface area contributed by atoms with Gasteiger partial charge in [-0.05, 0) is 29.7 Å². The molecule has 2 aromatic rings. The molecule has 0 saturated carbocycles. The first-order valence-corrected chi connectivity index (χ1v) is 8.97. The van der Waals surface area contributed by atoms with Gasteiger partial charge in [0, 0.05) is 43.1 Å².